The van der Waals surface area contributed by atoms with Gasteiger partial charge in [-0.25, -0.2) is 0 Å². The Morgan fingerprint density at radius 2 is 2.06 bits per heavy atom. The molecule has 0 aliphatic heterocycles. The van der Waals surface area contributed by atoms with Gasteiger partial charge >= 0.3 is 0 Å². The van der Waals surface area contributed by atoms with E-state index in [1.165, 1.54) is 11.1 Å². The molecule has 2 aromatic rings. The van der Waals surface area contributed by atoms with Crippen LogP contribution < -0.4 is 9.47 Å². The first-order valence-corrected chi connectivity index (χ1v) is 7.76. The zero-order valence-electron chi connectivity index (χ0n) is 10.2. The summed E-state index contributed by atoms with van der Waals surface area (Å²) in [4.78, 5) is 0. The van der Waals surface area contributed by atoms with E-state index in [0.29, 0.717) is 6.61 Å². The topological polar surface area (TPSA) is 18.5 Å². The third-order valence-corrected chi connectivity index (χ3v) is 3.99. The van der Waals surface area contributed by atoms with Crippen molar-refractivity contribution in [2.45, 2.75) is 11.8 Å². The maximum absolute atomic E-state index is 5.77. The summed E-state index contributed by atoms with van der Waals surface area (Å²) in [5.41, 5.74) is 2.49. The molecule has 2 rings (SSSR count). The number of rotatable bonds is 6. The molecule has 0 aliphatic rings. The zero-order valence-corrected chi connectivity index (χ0v) is 12.6. The summed E-state index contributed by atoms with van der Waals surface area (Å²) < 4.78 is 11.1. The van der Waals surface area contributed by atoms with Gasteiger partial charge in [-0.1, -0.05) is 22.0 Å². The van der Waals surface area contributed by atoms with Gasteiger partial charge in [0.2, 0.25) is 0 Å². The van der Waals surface area contributed by atoms with Crippen LogP contribution in [0.4, 0.5) is 0 Å². The molecule has 1 aromatic heterocycles. The number of hydrogen-bond acceptors (Lipinski definition) is 3. The first kappa shape index (κ1) is 13.4. The van der Waals surface area contributed by atoms with Gasteiger partial charge in [-0.15, -0.1) is 0 Å². The van der Waals surface area contributed by atoms with Gasteiger partial charge in [-0.05, 0) is 40.1 Å². The fourth-order valence-electron chi connectivity index (χ4n) is 1.63. The molecular weight excluding hydrogens is 312 g/mol. The van der Waals surface area contributed by atoms with Crippen LogP contribution >= 0.6 is 27.3 Å². The van der Waals surface area contributed by atoms with Crippen LogP contribution in [0.25, 0.3) is 0 Å². The second kappa shape index (κ2) is 6.81. The molecule has 0 saturated heterocycles. The molecule has 0 radical (unpaired) electrons. The van der Waals surface area contributed by atoms with Gasteiger partial charge in [0, 0.05) is 11.8 Å². The predicted molar refractivity (Wildman–Crippen MR) is 79.1 cm³/mol. The van der Waals surface area contributed by atoms with Crippen LogP contribution in [0.15, 0.2) is 35.0 Å². The Morgan fingerprint density at radius 3 is 2.72 bits per heavy atom. The van der Waals surface area contributed by atoms with Crippen molar-refractivity contribution in [3.63, 3.8) is 0 Å². The summed E-state index contributed by atoms with van der Waals surface area (Å²) in [6.45, 7) is 0.667. The number of ether oxygens (including phenoxy) is 2. The minimum absolute atomic E-state index is 0.667. The van der Waals surface area contributed by atoms with E-state index in [9.17, 15) is 0 Å². The van der Waals surface area contributed by atoms with Crippen LogP contribution in [0.2, 0.25) is 0 Å². The Labute approximate surface area is 120 Å². The molecule has 0 saturated carbocycles. The molecule has 0 N–H and O–H groups in total. The molecule has 0 aliphatic carbocycles. The molecule has 96 valence electrons. The summed E-state index contributed by atoms with van der Waals surface area (Å²) in [6.07, 6.45) is 0.923. The van der Waals surface area contributed by atoms with E-state index in [1.807, 2.05) is 18.2 Å². The lowest BCUT2D eigenvalue weighted by Crippen LogP contribution is -2.02. The second-order valence-electron chi connectivity index (χ2n) is 3.85. The van der Waals surface area contributed by atoms with Crippen molar-refractivity contribution >= 4 is 27.3 Å². The van der Waals surface area contributed by atoms with Gasteiger partial charge in [-0.3, -0.25) is 0 Å². The summed E-state index contributed by atoms with van der Waals surface area (Å²) in [7, 11) is 1.67. The minimum Gasteiger partial charge on any atom is -0.493 e. The summed E-state index contributed by atoms with van der Waals surface area (Å²) >= 11 is 5.14. The van der Waals surface area contributed by atoms with Gasteiger partial charge in [0.05, 0.1) is 13.7 Å². The van der Waals surface area contributed by atoms with Crippen LogP contribution in [0, 0.1) is 0 Å². The van der Waals surface area contributed by atoms with Gasteiger partial charge in [0.25, 0.3) is 0 Å². The largest absolute Gasteiger partial charge is 0.493 e. The highest BCUT2D eigenvalue weighted by atomic mass is 79.9. The fourth-order valence-corrected chi connectivity index (χ4v) is 2.68. The molecule has 0 spiro atoms. The molecule has 18 heavy (non-hydrogen) atoms. The Morgan fingerprint density at radius 1 is 1.17 bits per heavy atom. The van der Waals surface area contributed by atoms with Crippen molar-refractivity contribution in [1.29, 1.82) is 0 Å². The molecule has 0 amide bonds. The first-order valence-electron chi connectivity index (χ1n) is 5.70. The maximum atomic E-state index is 5.77. The van der Waals surface area contributed by atoms with Crippen molar-refractivity contribution in [3.8, 4) is 11.5 Å². The highest BCUT2D eigenvalue weighted by Gasteiger charge is 2.05. The van der Waals surface area contributed by atoms with E-state index in [4.69, 9.17) is 9.47 Å². The molecule has 2 nitrogen and oxygen atoms in total. The van der Waals surface area contributed by atoms with Crippen LogP contribution in [0.3, 0.4) is 0 Å². The highest BCUT2D eigenvalue weighted by molar-refractivity contribution is 9.08. The van der Waals surface area contributed by atoms with E-state index in [2.05, 4.69) is 32.8 Å². The number of thiophene rings is 1. The smallest absolute Gasteiger partial charge is 0.161 e. The monoisotopic (exact) mass is 326 g/mol. The van der Waals surface area contributed by atoms with Crippen molar-refractivity contribution in [2.24, 2.45) is 0 Å². The quantitative estimate of drug-likeness (QED) is 0.738. The van der Waals surface area contributed by atoms with Gasteiger partial charge in [-0.2, -0.15) is 11.3 Å². The van der Waals surface area contributed by atoms with Crippen molar-refractivity contribution < 1.29 is 9.47 Å². The Balaban J connectivity index is 1.96. The van der Waals surface area contributed by atoms with Gasteiger partial charge in [0.1, 0.15) is 0 Å². The second-order valence-corrected chi connectivity index (χ2v) is 5.19. The van der Waals surface area contributed by atoms with E-state index < -0.39 is 0 Å². The van der Waals surface area contributed by atoms with E-state index in [-0.39, 0.29) is 0 Å². The number of hydrogen-bond donors (Lipinski definition) is 0. The molecular formula is C14H15BrO2S. The lowest BCUT2D eigenvalue weighted by molar-refractivity contribution is 0.297. The molecule has 1 aromatic carbocycles. The number of methoxy groups -OCH3 is 1. The van der Waals surface area contributed by atoms with Crippen molar-refractivity contribution in [1.82, 2.24) is 0 Å². The summed E-state index contributed by atoms with van der Waals surface area (Å²) in [6, 6.07) is 8.12. The predicted octanol–water partition coefficient (Wildman–Crippen LogP) is 4.27. The lowest BCUT2D eigenvalue weighted by atomic mass is 10.2. The molecule has 0 atom stereocenters. The number of benzene rings is 1. The van der Waals surface area contributed by atoms with Crippen LogP contribution in [-0.4, -0.2) is 13.7 Å². The number of halogens is 1. The molecule has 4 heteroatoms. The van der Waals surface area contributed by atoms with Crippen molar-refractivity contribution in [2.75, 3.05) is 13.7 Å². The van der Waals surface area contributed by atoms with E-state index >= 15 is 0 Å². The number of alkyl halides is 1. The Hall–Kier alpha value is -1.00. The van der Waals surface area contributed by atoms with Crippen molar-refractivity contribution in [3.05, 3.63) is 46.2 Å². The Kier molecular flexibility index (Phi) is 5.08. The van der Waals surface area contributed by atoms with Crippen LogP contribution in [0.5, 0.6) is 11.5 Å². The summed E-state index contributed by atoms with van der Waals surface area (Å²) in [5.74, 6) is 1.59. The molecule has 0 bridgehead atoms. The molecule has 1 heterocycles. The fraction of sp³-hybridized carbons (Fsp3) is 0.286. The molecule has 0 fully saturated rings. The third kappa shape index (κ3) is 3.50. The average molecular weight is 327 g/mol. The standard InChI is InChI=1S/C14H15BrO2S/c1-16-14-8-12(9-15)2-3-13(14)17-6-4-11-5-7-18-10-11/h2-3,5,7-8,10H,4,6,9H2,1H3. The summed E-state index contributed by atoms with van der Waals surface area (Å²) in [5, 5.41) is 5.05. The third-order valence-electron chi connectivity index (χ3n) is 2.61. The van der Waals surface area contributed by atoms with Gasteiger partial charge in [0.15, 0.2) is 11.5 Å². The van der Waals surface area contributed by atoms with Crippen LogP contribution in [0.1, 0.15) is 11.1 Å². The SMILES string of the molecule is COc1cc(CBr)ccc1OCCc1ccsc1. The van der Waals surface area contributed by atoms with E-state index in [0.717, 1.165) is 23.2 Å². The minimum atomic E-state index is 0.667. The average Bonchev–Trinajstić information content (AvgIpc) is 2.92. The maximum Gasteiger partial charge on any atom is 0.161 e. The van der Waals surface area contributed by atoms with E-state index in [1.54, 1.807) is 18.4 Å². The highest BCUT2D eigenvalue weighted by Crippen LogP contribution is 2.29. The lowest BCUT2D eigenvalue weighted by Gasteiger charge is -2.11. The van der Waals surface area contributed by atoms with Crippen LogP contribution in [-0.2, 0) is 11.8 Å². The first-order chi connectivity index (χ1) is 8.83. The van der Waals surface area contributed by atoms with Gasteiger partial charge < -0.3 is 9.47 Å². The molecule has 0 unspecified atom stereocenters. The Bertz CT molecular complexity index is 483. The zero-order chi connectivity index (χ0) is 12.8. The normalized spacial score (nSPS) is 10.3.